The van der Waals surface area contributed by atoms with E-state index in [4.69, 9.17) is 5.26 Å². The molecule has 1 aromatic rings. The van der Waals surface area contributed by atoms with Crippen LogP contribution >= 0.6 is 11.8 Å². The van der Waals surface area contributed by atoms with Crippen LogP contribution in [0.25, 0.3) is 0 Å². The summed E-state index contributed by atoms with van der Waals surface area (Å²) in [6.07, 6.45) is 0. The number of anilines is 1. The highest BCUT2D eigenvalue weighted by Crippen LogP contribution is 2.42. The first-order chi connectivity index (χ1) is 12.7. The summed E-state index contributed by atoms with van der Waals surface area (Å²) in [6.45, 7) is 4.99. The van der Waals surface area contributed by atoms with Gasteiger partial charge in [-0.05, 0) is 31.2 Å². The number of carbonyl (C=O) groups is 2. The van der Waals surface area contributed by atoms with Crippen LogP contribution in [0.3, 0.4) is 0 Å². The fourth-order valence-corrected chi connectivity index (χ4v) is 3.72. The van der Waals surface area contributed by atoms with Gasteiger partial charge in [-0.2, -0.15) is 15.8 Å². The Morgan fingerprint density at radius 3 is 2.37 bits per heavy atom. The van der Waals surface area contributed by atoms with E-state index in [0.717, 1.165) is 11.8 Å². The van der Waals surface area contributed by atoms with Crippen LogP contribution in [0.4, 0.5) is 5.69 Å². The Kier molecular flexibility index (Phi) is 5.90. The lowest BCUT2D eigenvalue weighted by atomic mass is 9.72. The lowest BCUT2D eigenvalue weighted by Gasteiger charge is -2.35. The molecule has 0 fully saturated rings. The highest BCUT2D eigenvalue weighted by atomic mass is 32.2. The van der Waals surface area contributed by atoms with E-state index < -0.39 is 22.5 Å². The number of nitriles is 3. The standard InChI is InChI=1S/C19H17N5O2S/c1-11(16(25)23-13-6-4-12(8-20)5-7-13)27-18-15(10-22)19(2,3)14(9-21)17(26)24-18/h4-7,11,14H,1-3H3,(H,23,25)(H,24,26)/t11-,14+/m1/s1. The number of thioether (sulfide) groups is 1. The minimum Gasteiger partial charge on any atom is -0.325 e. The number of benzene rings is 1. The zero-order chi connectivity index (χ0) is 20.2. The van der Waals surface area contributed by atoms with Crippen molar-refractivity contribution in [3.8, 4) is 18.2 Å². The van der Waals surface area contributed by atoms with Crippen molar-refractivity contribution in [2.24, 2.45) is 11.3 Å². The van der Waals surface area contributed by atoms with Gasteiger partial charge in [-0.15, -0.1) is 0 Å². The average molecular weight is 379 g/mol. The van der Waals surface area contributed by atoms with Crippen LogP contribution in [0.1, 0.15) is 26.3 Å². The summed E-state index contributed by atoms with van der Waals surface area (Å²) in [7, 11) is 0. The smallest absolute Gasteiger partial charge is 0.243 e. The number of nitrogens with zero attached hydrogens (tertiary/aromatic N) is 3. The molecule has 7 nitrogen and oxygen atoms in total. The van der Waals surface area contributed by atoms with Crippen LogP contribution in [0, 0.1) is 45.3 Å². The van der Waals surface area contributed by atoms with Gasteiger partial charge in [0.25, 0.3) is 0 Å². The maximum atomic E-state index is 12.4. The molecular weight excluding hydrogens is 362 g/mol. The molecule has 1 aromatic carbocycles. The van der Waals surface area contributed by atoms with Gasteiger partial charge < -0.3 is 10.6 Å². The molecule has 2 atom stereocenters. The van der Waals surface area contributed by atoms with Gasteiger partial charge in [0.1, 0.15) is 5.92 Å². The number of carbonyl (C=O) groups excluding carboxylic acids is 2. The van der Waals surface area contributed by atoms with Crippen LogP contribution in [-0.4, -0.2) is 17.1 Å². The first-order valence-electron chi connectivity index (χ1n) is 8.07. The second-order valence-corrected chi connectivity index (χ2v) is 7.88. The van der Waals surface area contributed by atoms with Gasteiger partial charge in [0.05, 0.1) is 39.6 Å². The second kappa shape index (κ2) is 7.95. The number of nitrogens with one attached hydrogen (secondary N) is 2. The molecule has 0 unspecified atom stereocenters. The molecule has 0 bridgehead atoms. The molecule has 0 aromatic heterocycles. The van der Waals surface area contributed by atoms with E-state index in [1.54, 1.807) is 45.0 Å². The predicted molar refractivity (Wildman–Crippen MR) is 101 cm³/mol. The lowest BCUT2D eigenvalue weighted by Crippen LogP contribution is -2.45. The predicted octanol–water partition coefficient (Wildman–Crippen LogP) is 2.65. The number of allylic oxidation sites excluding steroid dienone is 1. The van der Waals surface area contributed by atoms with Crippen molar-refractivity contribution < 1.29 is 9.59 Å². The van der Waals surface area contributed by atoms with E-state index in [9.17, 15) is 20.1 Å². The van der Waals surface area contributed by atoms with E-state index in [1.807, 2.05) is 12.1 Å². The Morgan fingerprint density at radius 1 is 1.22 bits per heavy atom. The normalized spacial score (nSPS) is 19.1. The molecule has 136 valence electrons. The molecule has 0 radical (unpaired) electrons. The Balaban J connectivity index is 2.19. The molecule has 2 N–H and O–H groups in total. The molecule has 1 aliphatic heterocycles. The van der Waals surface area contributed by atoms with E-state index in [1.165, 1.54) is 0 Å². The van der Waals surface area contributed by atoms with Crippen LogP contribution in [0.15, 0.2) is 34.9 Å². The summed E-state index contributed by atoms with van der Waals surface area (Å²) < 4.78 is 0. The maximum absolute atomic E-state index is 12.4. The molecule has 1 heterocycles. The van der Waals surface area contributed by atoms with Gasteiger partial charge in [0, 0.05) is 11.1 Å². The molecular formula is C19H17N5O2S. The summed E-state index contributed by atoms with van der Waals surface area (Å²) in [5.74, 6) is -1.77. The zero-order valence-electron chi connectivity index (χ0n) is 15.0. The fraction of sp³-hybridized carbons (Fsp3) is 0.316. The van der Waals surface area contributed by atoms with Gasteiger partial charge in [-0.1, -0.05) is 25.6 Å². The minimum absolute atomic E-state index is 0.275. The van der Waals surface area contributed by atoms with E-state index in [-0.39, 0.29) is 11.5 Å². The van der Waals surface area contributed by atoms with Crippen molar-refractivity contribution in [2.75, 3.05) is 5.32 Å². The van der Waals surface area contributed by atoms with Gasteiger partial charge in [0.15, 0.2) is 0 Å². The molecule has 1 aliphatic rings. The molecule has 2 amide bonds. The first kappa shape index (κ1) is 20.0. The molecule has 0 saturated heterocycles. The van der Waals surface area contributed by atoms with Gasteiger partial charge in [-0.3, -0.25) is 9.59 Å². The van der Waals surface area contributed by atoms with Crippen molar-refractivity contribution in [1.82, 2.24) is 5.32 Å². The quantitative estimate of drug-likeness (QED) is 0.827. The van der Waals surface area contributed by atoms with Crippen LogP contribution in [-0.2, 0) is 9.59 Å². The van der Waals surface area contributed by atoms with Crippen LogP contribution in [0.2, 0.25) is 0 Å². The number of hydrogen-bond donors (Lipinski definition) is 2. The number of amides is 2. The zero-order valence-corrected chi connectivity index (χ0v) is 15.8. The first-order valence-corrected chi connectivity index (χ1v) is 8.95. The third-order valence-corrected chi connectivity index (χ3v) is 5.39. The fourth-order valence-electron chi connectivity index (χ4n) is 2.62. The third kappa shape index (κ3) is 4.11. The largest absolute Gasteiger partial charge is 0.325 e. The molecule has 8 heteroatoms. The van der Waals surface area contributed by atoms with Crippen LogP contribution < -0.4 is 10.6 Å². The summed E-state index contributed by atoms with van der Waals surface area (Å²) in [6, 6.07) is 12.4. The summed E-state index contributed by atoms with van der Waals surface area (Å²) in [4.78, 5) is 24.6. The average Bonchev–Trinajstić information content (AvgIpc) is 2.62. The summed E-state index contributed by atoms with van der Waals surface area (Å²) in [5, 5.41) is 32.6. The highest BCUT2D eigenvalue weighted by molar-refractivity contribution is 8.04. The summed E-state index contributed by atoms with van der Waals surface area (Å²) in [5.41, 5.74) is 0.353. The minimum atomic E-state index is -0.973. The van der Waals surface area contributed by atoms with E-state index >= 15 is 0 Å². The van der Waals surface area contributed by atoms with Crippen LogP contribution in [0.5, 0.6) is 0 Å². The van der Waals surface area contributed by atoms with Crippen molar-refractivity contribution in [3.63, 3.8) is 0 Å². The van der Waals surface area contributed by atoms with Gasteiger partial charge in [0.2, 0.25) is 11.8 Å². The lowest BCUT2D eigenvalue weighted by molar-refractivity contribution is -0.125. The van der Waals surface area contributed by atoms with Crippen molar-refractivity contribution in [3.05, 3.63) is 40.4 Å². The SMILES string of the molecule is C[C@@H](SC1=C(C#N)C(C)(C)[C@@H](C#N)C(=O)N1)C(=O)Nc1ccc(C#N)cc1. The topological polar surface area (TPSA) is 130 Å². The molecule has 0 saturated carbocycles. The highest BCUT2D eigenvalue weighted by Gasteiger charge is 2.45. The molecule has 27 heavy (non-hydrogen) atoms. The van der Waals surface area contributed by atoms with E-state index in [2.05, 4.69) is 16.7 Å². The molecule has 2 rings (SSSR count). The number of hydrogen-bond acceptors (Lipinski definition) is 6. The van der Waals surface area contributed by atoms with Gasteiger partial charge in [-0.25, -0.2) is 0 Å². The monoisotopic (exact) mass is 379 g/mol. The Morgan fingerprint density at radius 2 is 1.85 bits per heavy atom. The maximum Gasteiger partial charge on any atom is 0.243 e. The molecule has 0 aliphatic carbocycles. The van der Waals surface area contributed by atoms with Crippen molar-refractivity contribution in [2.45, 2.75) is 26.0 Å². The summed E-state index contributed by atoms with van der Waals surface area (Å²) >= 11 is 1.06. The second-order valence-electron chi connectivity index (χ2n) is 6.53. The van der Waals surface area contributed by atoms with Crippen molar-refractivity contribution in [1.29, 1.82) is 15.8 Å². The van der Waals surface area contributed by atoms with E-state index in [0.29, 0.717) is 16.3 Å². The Labute approximate surface area is 161 Å². The Bertz CT molecular complexity index is 929. The van der Waals surface area contributed by atoms with Crippen molar-refractivity contribution >= 4 is 29.3 Å². The number of rotatable bonds is 4. The molecule has 0 spiro atoms. The van der Waals surface area contributed by atoms with Gasteiger partial charge >= 0.3 is 0 Å². The Hall–Kier alpha value is -3.28. The third-order valence-electron chi connectivity index (χ3n) is 4.28.